The zero-order chi connectivity index (χ0) is 21.9. The van der Waals surface area contributed by atoms with Crippen molar-refractivity contribution < 1.29 is 23.9 Å². The Kier molecular flexibility index (Phi) is 8.87. The van der Waals surface area contributed by atoms with Gasteiger partial charge in [-0.2, -0.15) is 0 Å². The molecule has 0 aliphatic heterocycles. The van der Waals surface area contributed by atoms with Gasteiger partial charge in [0.15, 0.2) is 6.61 Å². The van der Waals surface area contributed by atoms with Gasteiger partial charge in [-0.1, -0.05) is 42.5 Å². The lowest BCUT2D eigenvalue weighted by atomic mass is 10.2. The first kappa shape index (κ1) is 22.9. The second kappa shape index (κ2) is 11.6. The Morgan fingerprint density at radius 2 is 1.67 bits per heavy atom. The standard InChI is InChI=1S/C23H28N2O5/c1-4-29-20-13-9-8-12-19(20)23(28)24-14-22(27)30-16-21(26)25(17(2)3)15-18-10-6-5-7-11-18/h5-13,17H,4,14-16H2,1-3H3,(H,24,28). The fourth-order valence-electron chi connectivity index (χ4n) is 2.80. The van der Waals surface area contributed by atoms with Crippen molar-refractivity contribution in [2.75, 3.05) is 19.8 Å². The zero-order valence-electron chi connectivity index (χ0n) is 17.6. The largest absolute Gasteiger partial charge is 0.493 e. The van der Waals surface area contributed by atoms with Gasteiger partial charge in [-0.15, -0.1) is 0 Å². The van der Waals surface area contributed by atoms with Gasteiger partial charge in [-0.3, -0.25) is 14.4 Å². The molecule has 7 nitrogen and oxygen atoms in total. The first-order valence-electron chi connectivity index (χ1n) is 9.91. The molecule has 2 amide bonds. The Hall–Kier alpha value is -3.35. The Morgan fingerprint density at radius 1 is 1.00 bits per heavy atom. The monoisotopic (exact) mass is 412 g/mol. The molecule has 30 heavy (non-hydrogen) atoms. The third-order valence-corrected chi connectivity index (χ3v) is 4.32. The highest BCUT2D eigenvalue weighted by atomic mass is 16.5. The summed E-state index contributed by atoms with van der Waals surface area (Å²) in [5.41, 5.74) is 1.32. The summed E-state index contributed by atoms with van der Waals surface area (Å²) in [7, 11) is 0. The van der Waals surface area contributed by atoms with Gasteiger partial charge in [-0.25, -0.2) is 0 Å². The highest BCUT2D eigenvalue weighted by Gasteiger charge is 2.19. The van der Waals surface area contributed by atoms with E-state index >= 15 is 0 Å². The average molecular weight is 412 g/mol. The van der Waals surface area contributed by atoms with E-state index in [0.717, 1.165) is 5.56 Å². The van der Waals surface area contributed by atoms with Crippen molar-refractivity contribution in [1.29, 1.82) is 0 Å². The summed E-state index contributed by atoms with van der Waals surface area (Å²) in [6.07, 6.45) is 0. The second-order valence-electron chi connectivity index (χ2n) is 6.87. The summed E-state index contributed by atoms with van der Waals surface area (Å²) in [5, 5.41) is 2.49. The van der Waals surface area contributed by atoms with Crippen molar-refractivity contribution in [1.82, 2.24) is 10.2 Å². The van der Waals surface area contributed by atoms with E-state index < -0.39 is 11.9 Å². The van der Waals surface area contributed by atoms with Gasteiger partial charge in [0, 0.05) is 12.6 Å². The van der Waals surface area contributed by atoms with Gasteiger partial charge in [0.25, 0.3) is 11.8 Å². The van der Waals surface area contributed by atoms with Crippen LogP contribution in [-0.4, -0.2) is 48.5 Å². The molecule has 0 aliphatic carbocycles. The first-order chi connectivity index (χ1) is 14.4. The third-order valence-electron chi connectivity index (χ3n) is 4.32. The van der Waals surface area contributed by atoms with E-state index in [1.807, 2.05) is 51.1 Å². The lowest BCUT2D eigenvalue weighted by Crippen LogP contribution is -2.40. The highest BCUT2D eigenvalue weighted by Crippen LogP contribution is 2.17. The smallest absolute Gasteiger partial charge is 0.325 e. The molecule has 2 rings (SSSR count). The molecular formula is C23H28N2O5. The van der Waals surface area contributed by atoms with Crippen LogP contribution in [-0.2, 0) is 20.9 Å². The van der Waals surface area contributed by atoms with Gasteiger partial charge in [0.05, 0.1) is 12.2 Å². The lowest BCUT2D eigenvalue weighted by Gasteiger charge is -2.26. The maximum absolute atomic E-state index is 12.5. The number of amides is 2. The number of esters is 1. The van der Waals surface area contributed by atoms with Crippen LogP contribution in [0, 0.1) is 0 Å². The molecule has 0 fully saturated rings. The van der Waals surface area contributed by atoms with Crippen LogP contribution in [0.2, 0.25) is 0 Å². The molecule has 0 aromatic heterocycles. The molecule has 0 saturated heterocycles. The Labute approximate surface area is 177 Å². The predicted molar refractivity (Wildman–Crippen MR) is 113 cm³/mol. The number of para-hydroxylation sites is 1. The fourth-order valence-corrected chi connectivity index (χ4v) is 2.80. The summed E-state index contributed by atoms with van der Waals surface area (Å²) in [6, 6.07) is 16.3. The molecule has 0 bridgehead atoms. The molecule has 0 spiro atoms. The van der Waals surface area contributed by atoms with Gasteiger partial charge >= 0.3 is 5.97 Å². The van der Waals surface area contributed by atoms with Crippen molar-refractivity contribution in [2.45, 2.75) is 33.4 Å². The van der Waals surface area contributed by atoms with Crippen LogP contribution in [0.4, 0.5) is 0 Å². The van der Waals surface area contributed by atoms with Gasteiger partial charge in [0.1, 0.15) is 12.3 Å². The summed E-state index contributed by atoms with van der Waals surface area (Å²) < 4.78 is 10.5. The topological polar surface area (TPSA) is 84.9 Å². The SMILES string of the molecule is CCOc1ccccc1C(=O)NCC(=O)OCC(=O)N(Cc1ccccc1)C(C)C. The molecule has 2 aromatic rings. The van der Waals surface area contributed by atoms with Crippen LogP contribution in [0.5, 0.6) is 5.75 Å². The predicted octanol–water partition coefficient (Wildman–Crippen LogP) is 2.80. The van der Waals surface area contributed by atoms with Gasteiger partial charge < -0.3 is 19.7 Å². The zero-order valence-corrected chi connectivity index (χ0v) is 17.6. The van der Waals surface area contributed by atoms with E-state index in [1.54, 1.807) is 29.2 Å². The van der Waals surface area contributed by atoms with E-state index in [9.17, 15) is 14.4 Å². The Balaban J connectivity index is 1.84. The van der Waals surface area contributed by atoms with Gasteiger partial charge in [-0.05, 0) is 38.5 Å². The van der Waals surface area contributed by atoms with Crippen LogP contribution in [0.3, 0.4) is 0 Å². The van der Waals surface area contributed by atoms with Crippen molar-refractivity contribution in [3.63, 3.8) is 0 Å². The van der Waals surface area contributed by atoms with Crippen LogP contribution in [0.15, 0.2) is 54.6 Å². The number of hydrogen-bond donors (Lipinski definition) is 1. The first-order valence-corrected chi connectivity index (χ1v) is 9.91. The van der Waals surface area contributed by atoms with E-state index in [0.29, 0.717) is 24.5 Å². The number of carbonyl (C=O) groups is 3. The highest BCUT2D eigenvalue weighted by molar-refractivity contribution is 5.98. The Bertz CT molecular complexity index is 852. The summed E-state index contributed by atoms with van der Waals surface area (Å²) in [6.45, 7) is 5.75. The number of nitrogens with zero attached hydrogens (tertiary/aromatic N) is 1. The van der Waals surface area contributed by atoms with Gasteiger partial charge in [0.2, 0.25) is 0 Å². The van der Waals surface area contributed by atoms with Crippen LogP contribution < -0.4 is 10.1 Å². The number of nitrogens with one attached hydrogen (secondary N) is 1. The average Bonchev–Trinajstić information content (AvgIpc) is 2.75. The van der Waals surface area contributed by atoms with Crippen LogP contribution in [0.1, 0.15) is 36.7 Å². The summed E-state index contributed by atoms with van der Waals surface area (Å²) in [4.78, 5) is 38.5. The van der Waals surface area contributed by atoms with Crippen molar-refractivity contribution in [3.8, 4) is 5.75 Å². The molecule has 7 heteroatoms. The van der Waals surface area contributed by atoms with Crippen LogP contribution in [0.25, 0.3) is 0 Å². The summed E-state index contributed by atoms with van der Waals surface area (Å²) >= 11 is 0. The maximum atomic E-state index is 12.5. The van der Waals surface area contributed by atoms with E-state index in [1.165, 1.54) is 0 Å². The molecule has 1 N–H and O–H groups in total. The van der Waals surface area contributed by atoms with Crippen molar-refractivity contribution in [3.05, 3.63) is 65.7 Å². The third kappa shape index (κ3) is 6.92. The van der Waals surface area contributed by atoms with E-state index in [4.69, 9.17) is 9.47 Å². The fraction of sp³-hybridized carbons (Fsp3) is 0.348. The normalized spacial score (nSPS) is 10.4. The molecular weight excluding hydrogens is 384 g/mol. The van der Waals surface area contributed by atoms with Crippen LogP contribution >= 0.6 is 0 Å². The molecule has 2 aromatic carbocycles. The second-order valence-corrected chi connectivity index (χ2v) is 6.87. The number of rotatable bonds is 10. The minimum Gasteiger partial charge on any atom is -0.493 e. The minimum absolute atomic E-state index is 0.0498. The molecule has 0 radical (unpaired) electrons. The Morgan fingerprint density at radius 3 is 2.33 bits per heavy atom. The quantitative estimate of drug-likeness (QED) is 0.607. The molecule has 0 saturated carbocycles. The number of ether oxygens (including phenoxy) is 2. The number of benzene rings is 2. The molecule has 160 valence electrons. The van der Waals surface area contributed by atoms with E-state index in [-0.39, 0.29) is 25.1 Å². The number of carbonyl (C=O) groups excluding carboxylic acids is 3. The van der Waals surface area contributed by atoms with E-state index in [2.05, 4.69) is 5.32 Å². The number of hydrogen-bond acceptors (Lipinski definition) is 5. The maximum Gasteiger partial charge on any atom is 0.325 e. The van der Waals surface area contributed by atoms with Crippen molar-refractivity contribution in [2.24, 2.45) is 0 Å². The lowest BCUT2D eigenvalue weighted by molar-refractivity contribution is -0.152. The minimum atomic E-state index is -0.686. The summed E-state index contributed by atoms with van der Waals surface area (Å²) in [5.74, 6) is -0.992. The molecule has 0 unspecified atom stereocenters. The molecule has 0 atom stereocenters. The molecule has 0 heterocycles. The van der Waals surface area contributed by atoms with Crippen molar-refractivity contribution >= 4 is 17.8 Å². The molecule has 0 aliphatic rings.